The van der Waals surface area contributed by atoms with Gasteiger partial charge >= 0.3 is 5.97 Å². The zero-order valence-electron chi connectivity index (χ0n) is 12.3. The maximum atomic E-state index is 12.0. The second-order valence-corrected chi connectivity index (χ2v) is 5.68. The van der Waals surface area contributed by atoms with E-state index in [2.05, 4.69) is 5.32 Å². The summed E-state index contributed by atoms with van der Waals surface area (Å²) < 4.78 is 5.42. The molecule has 0 aliphatic carbocycles. The van der Waals surface area contributed by atoms with Crippen molar-refractivity contribution in [3.63, 3.8) is 0 Å². The summed E-state index contributed by atoms with van der Waals surface area (Å²) >= 11 is 1.30. The van der Waals surface area contributed by atoms with Gasteiger partial charge in [-0.05, 0) is 49.8 Å². The van der Waals surface area contributed by atoms with Crippen molar-refractivity contribution in [2.24, 2.45) is 0 Å². The van der Waals surface area contributed by atoms with Crippen LogP contribution in [-0.4, -0.2) is 36.2 Å². The third-order valence-corrected chi connectivity index (χ3v) is 3.54. The van der Waals surface area contributed by atoms with Crippen LogP contribution in [0, 0.1) is 0 Å². The van der Waals surface area contributed by atoms with E-state index in [4.69, 9.17) is 9.84 Å². The van der Waals surface area contributed by atoms with Crippen molar-refractivity contribution >= 4 is 29.3 Å². The zero-order chi connectivity index (χ0) is 15.7. The molecule has 0 bridgehead atoms. The van der Waals surface area contributed by atoms with Crippen molar-refractivity contribution in [3.05, 3.63) is 28.0 Å². The molecule has 0 atom stereocenters. The highest BCUT2D eigenvalue weighted by Crippen LogP contribution is 2.18. The topological polar surface area (TPSA) is 75.6 Å². The second-order valence-electron chi connectivity index (χ2n) is 4.76. The standard InChI is InChI=1S/C15H21NO4S/c1-11(2)20-9-4-3-8-16-15(19)14-12(7-10-21-14)5-6-13(17)18/h5-7,10-11H,3-4,8-9H2,1-2H3,(H,16,19)(H,17,18)/b6-5+. The molecule has 1 aromatic rings. The van der Waals surface area contributed by atoms with Gasteiger partial charge in [0, 0.05) is 19.2 Å². The van der Waals surface area contributed by atoms with Gasteiger partial charge < -0.3 is 15.2 Å². The Morgan fingerprint density at radius 1 is 1.43 bits per heavy atom. The van der Waals surface area contributed by atoms with Gasteiger partial charge in [0.25, 0.3) is 5.91 Å². The van der Waals surface area contributed by atoms with E-state index in [9.17, 15) is 9.59 Å². The van der Waals surface area contributed by atoms with Gasteiger partial charge in [-0.2, -0.15) is 0 Å². The summed E-state index contributed by atoms with van der Waals surface area (Å²) in [6.07, 6.45) is 4.44. The number of ether oxygens (including phenoxy) is 1. The van der Waals surface area contributed by atoms with Crippen LogP contribution < -0.4 is 5.32 Å². The molecule has 1 heterocycles. The van der Waals surface area contributed by atoms with Crippen molar-refractivity contribution in [1.29, 1.82) is 0 Å². The molecule has 0 spiro atoms. The molecule has 0 aliphatic rings. The summed E-state index contributed by atoms with van der Waals surface area (Å²) in [6.45, 7) is 5.26. The molecule has 116 valence electrons. The van der Waals surface area contributed by atoms with Crippen LogP contribution in [0.2, 0.25) is 0 Å². The fraction of sp³-hybridized carbons (Fsp3) is 0.467. The maximum absolute atomic E-state index is 12.0. The second kappa shape index (κ2) is 9.31. The molecule has 1 rings (SSSR count). The number of carbonyl (C=O) groups is 2. The average molecular weight is 311 g/mol. The maximum Gasteiger partial charge on any atom is 0.328 e. The Kier molecular flexibility index (Phi) is 7.71. The van der Waals surface area contributed by atoms with Crippen LogP contribution in [0.1, 0.15) is 41.9 Å². The summed E-state index contributed by atoms with van der Waals surface area (Å²) in [5.41, 5.74) is 0.628. The van der Waals surface area contributed by atoms with E-state index in [1.165, 1.54) is 17.4 Å². The predicted octanol–water partition coefficient (Wildman–Crippen LogP) is 2.78. The molecule has 0 fully saturated rings. The zero-order valence-corrected chi connectivity index (χ0v) is 13.1. The highest BCUT2D eigenvalue weighted by atomic mass is 32.1. The molecule has 6 heteroatoms. The smallest absolute Gasteiger partial charge is 0.328 e. The first-order chi connectivity index (χ1) is 10.0. The minimum absolute atomic E-state index is 0.167. The van der Waals surface area contributed by atoms with Crippen molar-refractivity contribution in [2.45, 2.75) is 32.8 Å². The summed E-state index contributed by atoms with van der Waals surface area (Å²) in [5, 5.41) is 13.2. The molecule has 1 aromatic heterocycles. The third kappa shape index (κ3) is 7.06. The van der Waals surface area contributed by atoms with Gasteiger partial charge in [0.2, 0.25) is 0 Å². The molecule has 2 N–H and O–H groups in total. The van der Waals surface area contributed by atoms with Crippen molar-refractivity contribution in [3.8, 4) is 0 Å². The molecule has 21 heavy (non-hydrogen) atoms. The van der Waals surface area contributed by atoms with Crippen LogP contribution in [0.4, 0.5) is 0 Å². The first-order valence-electron chi connectivity index (χ1n) is 6.89. The Balaban J connectivity index is 2.36. The molecule has 0 saturated carbocycles. The number of carbonyl (C=O) groups excluding carboxylic acids is 1. The lowest BCUT2D eigenvalue weighted by Gasteiger charge is -2.07. The van der Waals surface area contributed by atoms with Crippen molar-refractivity contribution in [2.75, 3.05) is 13.2 Å². The minimum atomic E-state index is -1.03. The van der Waals surface area contributed by atoms with Crippen molar-refractivity contribution < 1.29 is 19.4 Å². The monoisotopic (exact) mass is 311 g/mol. The number of aliphatic carboxylic acids is 1. The molecular weight excluding hydrogens is 290 g/mol. The number of nitrogens with one attached hydrogen (secondary N) is 1. The molecule has 0 unspecified atom stereocenters. The Labute approximate surface area is 128 Å². The van der Waals surface area contributed by atoms with E-state index < -0.39 is 5.97 Å². The number of thiophene rings is 1. The van der Waals surface area contributed by atoms with Gasteiger partial charge in [-0.15, -0.1) is 11.3 Å². The summed E-state index contributed by atoms with van der Waals surface area (Å²) in [6, 6.07) is 1.73. The molecule has 0 radical (unpaired) electrons. The van der Waals surface area contributed by atoms with Crippen LogP contribution in [0.25, 0.3) is 6.08 Å². The number of rotatable bonds is 9. The average Bonchev–Trinajstić information content (AvgIpc) is 2.88. The number of carboxylic acid groups (broad SMARTS) is 1. The summed E-state index contributed by atoms with van der Waals surface area (Å²) in [7, 11) is 0. The molecule has 0 aliphatic heterocycles. The molecule has 0 saturated heterocycles. The first kappa shape index (κ1) is 17.4. The number of hydrogen-bond acceptors (Lipinski definition) is 4. The highest BCUT2D eigenvalue weighted by molar-refractivity contribution is 7.12. The largest absolute Gasteiger partial charge is 0.478 e. The lowest BCUT2D eigenvalue weighted by molar-refractivity contribution is -0.131. The lowest BCUT2D eigenvalue weighted by atomic mass is 10.2. The van der Waals surface area contributed by atoms with Crippen LogP contribution in [0.15, 0.2) is 17.5 Å². The van der Waals surface area contributed by atoms with E-state index >= 15 is 0 Å². The van der Waals surface area contributed by atoms with Gasteiger partial charge in [0.1, 0.15) is 0 Å². The fourth-order valence-corrected chi connectivity index (χ4v) is 2.43. The Bertz CT molecular complexity index is 494. The normalized spacial score (nSPS) is 11.2. The van der Waals surface area contributed by atoms with Crippen LogP contribution in [0.3, 0.4) is 0 Å². The van der Waals surface area contributed by atoms with E-state index in [0.717, 1.165) is 18.9 Å². The number of hydrogen-bond donors (Lipinski definition) is 2. The van der Waals surface area contributed by atoms with Gasteiger partial charge in [-0.3, -0.25) is 4.79 Å². The third-order valence-electron chi connectivity index (χ3n) is 2.62. The van der Waals surface area contributed by atoms with Gasteiger partial charge in [0.05, 0.1) is 11.0 Å². The fourth-order valence-electron chi connectivity index (χ4n) is 1.62. The minimum Gasteiger partial charge on any atom is -0.478 e. The summed E-state index contributed by atoms with van der Waals surface area (Å²) in [5.74, 6) is -1.20. The van der Waals surface area contributed by atoms with Crippen molar-refractivity contribution in [1.82, 2.24) is 5.32 Å². The number of amides is 1. The Morgan fingerprint density at radius 3 is 2.86 bits per heavy atom. The molecule has 5 nitrogen and oxygen atoms in total. The highest BCUT2D eigenvalue weighted by Gasteiger charge is 2.10. The Morgan fingerprint density at radius 2 is 2.19 bits per heavy atom. The quantitative estimate of drug-likeness (QED) is 0.543. The summed E-state index contributed by atoms with van der Waals surface area (Å²) in [4.78, 5) is 23.0. The van der Waals surface area contributed by atoms with Gasteiger partial charge in [-0.1, -0.05) is 0 Å². The van der Waals surface area contributed by atoms with E-state index in [1.807, 2.05) is 13.8 Å². The van der Waals surface area contributed by atoms with Gasteiger partial charge in [0.15, 0.2) is 0 Å². The predicted molar refractivity (Wildman–Crippen MR) is 83.6 cm³/mol. The number of unbranched alkanes of at least 4 members (excludes halogenated alkanes) is 1. The van der Waals surface area contributed by atoms with Gasteiger partial charge in [-0.25, -0.2) is 4.79 Å². The van der Waals surface area contributed by atoms with E-state index in [-0.39, 0.29) is 12.0 Å². The SMILES string of the molecule is CC(C)OCCCCNC(=O)c1sccc1/C=C/C(=O)O. The van der Waals surface area contributed by atoms with Crippen LogP contribution >= 0.6 is 11.3 Å². The van der Waals surface area contributed by atoms with E-state index in [0.29, 0.717) is 23.6 Å². The number of carboxylic acids is 1. The molecule has 1 amide bonds. The molecule has 0 aromatic carbocycles. The first-order valence-corrected chi connectivity index (χ1v) is 7.77. The van der Waals surface area contributed by atoms with E-state index in [1.54, 1.807) is 11.4 Å². The molecular formula is C15H21NO4S. The van der Waals surface area contributed by atoms with Crippen LogP contribution in [-0.2, 0) is 9.53 Å². The lowest BCUT2D eigenvalue weighted by Crippen LogP contribution is -2.24. The Hall–Kier alpha value is -1.66. The van der Waals surface area contributed by atoms with Crippen LogP contribution in [0.5, 0.6) is 0 Å².